The summed E-state index contributed by atoms with van der Waals surface area (Å²) in [5.74, 6) is 0.218. The lowest BCUT2D eigenvalue weighted by molar-refractivity contribution is 0.102. The van der Waals surface area contributed by atoms with Crippen LogP contribution in [0.1, 0.15) is 27.0 Å². The molecule has 0 aromatic heterocycles. The van der Waals surface area contributed by atoms with Crippen LogP contribution in [0.15, 0.2) is 72.8 Å². The molecule has 0 aliphatic rings. The summed E-state index contributed by atoms with van der Waals surface area (Å²) in [4.78, 5) is 12.9. The number of rotatable bonds is 5. The summed E-state index contributed by atoms with van der Waals surface area (Å²) in [7, 11) is -0.717. The molecule has 0 spiro atoms. The first kappa shape index (κ1) is 17.6. The molecule has 1 unspecified atom stereocenters. The summed E-state index contributed by atoms with van der Waals surface area (Å²) in [6.45, 7) is 6.46. The summed E-state index contributed by atoms with van der Waals surface area (Å²) in [5, 5.41) is 2.60. The van der Waals surface area contributed by atoms with Gasteiger partial charge >= 0.3 is 0 Å². The molecular weight excluding hydrogens is 323 g/mol. The van der Waals surface area contributed by atoms with Gasteiger partial charge in [0, 0.05) is 11.7 Å². The highest BCUT2D eigenvalue weighted by Crippen LogP contribution is 2.37. The molecule has 1 nitrogen and oxygen atoms in total. The fraction of sp³-hybridized carbons (Fsp3) is 0.174. The largest absolute Gasteiger partial charge is 0.294 e. The van der Waals surface area contributed by atoms with Crippen LogP contribution in [0.2, 0.25) is 0 Å². The lowest BCUT2D eigenvalue weighted by atomic mass is 10.1. The third kappa shape index (κ3) is 4.06. The maximum Gasteiger partial charge on any atom is 0.167 e. The molecule has 0 amide bonds. The van der Waals surface area contributed by atoms with E-state index in [1.54, 1.807) is 0 Å². The van der Waals surface area contributed by atoms with Crippen molar-refractivity contribution >= 4 is 24.3 Å². The molecule has 1 atom stereocenters. The van der Waals surface area contributed by atoms with Gasteiger partial charge in [-0.1, -0.05) is 78.4 Å². The van der Waals surface area contributed by atoms with E-state index in [9.17, 15) is 4.79 Å². The Kier molecular flexibility index (Phi) is 5.46. The Labute approximate surface area is 151 Å². The molecule has 0 radical (unpaired) electrons. The van der Waals surface area contributed by atoms with Gasteiger partial charge in [-0.2, -0.15) is 0 Å². The minimum absolute atomic E-state index is 0.218. The Morgan fingerprint density at radius 3 is 1.88 bits per heavy atom. The summed E-state index contributed by atoms with van der Waals surface area (Å²) >= 11 is 0. The third-order valence-corrected chi connectivity index (χ3v) is 7.14. The van der Waals surface area contributed by atoms with Crippen molar-refractivity contribution in [1.82, 2.24) is 0 Å². The highest BCUT2D eigenvalue weighted by atomic mass is 31.1. The number of hydrogen-bond donors (Lipinski definition) is 0. The molecule has 0 saturated carbocycles. The fourth-order valence-electron chi connectivity index (χ4n) is 3.36. The molecule has 3 rings (SSSR count). The van der Waals surface area contributed by atoms with Gasteiger partial charge in [0.2, 0.25) is 0 Å². The fourth-order valence-corrected chi connectivity index (χ4v) is 5.95. The smallest absolute Gasteiger partial charge is 0.167 e. The summed E-state index contributed by atoms with van der Waals surface area (Å²) in [5.41, 5.74) is 4.64. The van der Waals surface area contributed by atoms with Gasteiger partial charge < -0.3 is 0 Å². The maximum absolute atomic E-state index is 12.9. The molecule has 3 aromatic rings. The van der Waals surface area contributed by atoms with Crippen LogP contribution in [0.3, 0.4) is 0 Å². The maximum atomic E-state index is 12.9. The van der Waals surface area contributed by atoms with E-state index in [2.05, 4.69) is 57.2 Å². The van der Waals surface area contributed by atoms with Crippen molar-refractivity contribution in [2.24, 2.45) is 0 Å². The van der Waals surface area contributed by atoms with E-state index in [4.69, 9.17) is 0 Å². The number of benzene rings is 3. The molecule has 0 fully saturated rings. The van der Waals surface area contributed by atoms with Crippen molar-refractivity contribution < 1.29 is 4.79 Å². The normalized spacial score (nSPS) is 12.0. The number of carbonyl (C=O) groups excluding carboxylic acids is 1. The van der Waals surface area contributed by atoms with Crippen LogP contribution in [0.25, 0.3) is 0 Å². The molecule has 0 aliphatic carbocycles. The van der Waals surface area contributed by atoms with Gasteiger partial charge in [-0.15, -0.1) is 0 Å². The zero-order valence-corrected chi connectivity index (χ0v) is 15.9. The van der Waals surface area contributed by atoms with E-state index in [-0.39, 0.29) is 5.78 Å². The minimum atomic E-state index is -0.717. The van der Waals surface area contributed by atoms with E-state index < -0.39 is 7.92 Å². The lowest BCUT2D eigenvalue weighted by Gasteiger charge is -2.23. The van der Waals surface area contributed by atoms with E-state index in [1.165, 1.54) is 27.3 Å². The van der Waals surface area contributed by atoms with Crippen molar-refractivity contribution in [3.8, 4) is 0 Å². The van der Waals surface area contributed by atoms with Crippen molar-refractivity contribution in [1.29, 1.82) is 0 Å². The highest BCUT2D eigenvalue weighted by molar-refractivity contribution is 7.74. The van der Waals surface area contributed by atoms with Gasteiger partial charge in [-0.05, 0) is 50.4 Å². The summed E-state index contributed by atoms with van der Waals surface area (Å²) in [6, 6.07) is 24.6. The number of ketones is 1. The van der Waals surface area contributed by atoms with E-state index in [0.29, 0.717) is 6.16 Å². The van der Waals surface area contributed by atoms with Gasteiger partial charge in [-0.3, -0.25) is 4.79 Å². The second-order valence-corrected chi connectivity index (χ2v) is 8.59. The first-order chi connectivity index (χ1) is 12.1. The molecule has 0 heterocycles. The van der Waals surface area contributed by atoms with Gasteiger partial charge in [0.15, 0.2) is 5.78 Å². The predicted octanol–water partition coefficient (Wildman–Crippen LogP) is 4.93. The van der Waals surface area contributed by atoms with Crippen molar-refractivity contribution in [2.45, 2.75) is 20.8 Å². The van der Waals surface area contributed by atoms with Crippen LogP contribution in [-0.2, 0) is 0 Å². The third-order valence-electron chi connectivity index (χ3n) is 4.37. The molecule has 0 N–H and O–H groups in total. The molecule has 0 saturated heterocycles. The highest BCUT2D eigenvalue weighted by Gasteiger charge is 2.22. The first-order valence-corrected chi connectivity index (χ1v) is 10.1. The second kappa shape index (κ2) is 7.76. The minimum Gasteiger partial charge on any atom is -0.294 e. The van der Waals surface area contributed by atoms with Crippen molar-refractivity contribution in [2.75, 3.05) is 6.16 Å². The zero-order chi connectivity index (χ0) is 17.8. The second-order valence-electron chi connectivity index (χ2n) is 6.46. The Balaban J connectivity index is 2.04. The average Bonchev–Trinajstić information content (AvgIpc) is 2.61. The SMILES string of the molecule is Cc1cc(C)c(P(CC(=O)c2ccccc2)c2ccccc2)c(C)c1. The number of carbonyl (C=O) groups is 1. The molecular formula is C23H23OP. The number of Topliss-reactive ketones (excluding diaryl/α,β-unsaturated/α-hetero) is 1. The monoisotopic (exact) mass is 346 g/mol. The lowest BCUT2D eigenvalue weighted by Crippen LogP contribution is -2.22. The number of hydrogen-bond acceptors (Lipinski definition) is 1. The number of aryl methyl sites for hydroxylation is 3. The van der Waals surface area contributed by atoms with Crippen LogP contribution in [0.5, 0.6) is 0 Å². The standard InChI is InChI=1S/C23H23OP/c1-17-14-18(2)23(19(3)15-17)25(21-12-8-5-9-13-21)16-22(24)20-10-6-4-7-11-20/h4-15H,16H2,1-3H3. The van der Waals surface area contributed by atoms with Gasteiger partial charge in [-0.25, -0.2) is 0 Å². The van der Waals surface area contributed by atoms with Crippen molar-refractivity contribution in [3.05, 3.63) is 95.1 Å². The molecule has 126 valence electrons. The Hall–Kier alpha value is -2.24. The molecule has 25 heavy (non-hydrogen) atoms. The quantitative estimate of drug-likeness (QED) is 0.473. The van der Waals surface area contributed by atoms with Gasteiger partial charge in [0.05, 0.1) is 0 Å². The molecule has 2 heteroatoms. The van der Waals surface area contributed by atoms with E-state index >= 15 is 0 Å². The van der Waals surface area contributed by atoms with Gasteiger partial charge in [0.1, 0.15) is 0 Å². The van der Waals surface area contributed by atoms with Crippen molar-refractivity contribution in [3.63, 3.8) is 0 Å². The van der Waals surface area contributed by atoms with Crippen LogP contribution in [0.4, 0.5) is 0 Å². The molecule has 0 aliphatic heterocycles. The Bertz CT molecular complexity index is 846. The van der Waals surface area contributed by atoms with E-state index in [0.717, 1.165) is 5.56 Å². The Morgan fingerprint density at radius 1 is 0.800 bits per heavy atom. The van der Waals surface area contributed by atoms with Crippen LogP contribution in [0, 0.1) is 20.8 Å². The molecule has 3 aromatic carbocycles. The Morgan fingerprint density at radius 2 is 1.32 bits per heavy atom. The van der Waals surface area contributed by atoms with Crippen LogP contribution >= 0.6 is 7.92 Å². The molecule has 0 bridgehead atoms. The summed E-state index contributed by atoms with van der Waals surface area (Å²) < 4.78 is 0. The topological polar surface area (TPSA) is 17.1 Å². The van der Waals surface area contributed by atoms with Crippen LogP contribution in [-0.4, -0.2) is 11.9 Å². The summed E-state index contributed by atoms with van der Waals surface area (Å²) in [6.07, 6.45) is 0.550. The van der Waals surface area contributed by atoms with Crippen LogP contribution < -0.4 is 10.6 Å². The first-order valence-electron chi connectivity index (χ1n) is 8.55. The zero-order valence-electron chi connectivity index (χ0n) is 15.0. The average molecular weight is 346 g/mol. The van der Waals surface area contributed by atoms with E-state index in [1.807, 2.05) is 36.4 Å². The van der Waals surface area contributed by atoms with Gasteiger partial charge in [0.25, 0.3) is 0 Å². The predicted molar refractivity (Wildman–Crippen MR) is 109 cm³/mol.